The maximum atomic E-state index is 13.6. The normalized spacial score (nSPS) is 36.3. The van der Waals surface area contributed by atoms with Crippen molar-refractivity contribution in [2.75, 3.05) is 13.1 Å². The number of hydrogen-bond donors (Lipinski definition) is 5. The van der Waals surface area contributed by atoms with Gasteiger partial charge >= 0.3 is 5.97 Å². The van der Waals surface area contributed by atoms with Gasteiger partial charge in [0.15, 0.2) is 0 Å². The Morgan fingerprint density at radius 3 is 2.56 bits per heavy atom. The average molecular weight is 698 g/mol. The number of nitrogens with zero attached hydrogens (tertiary/aromatic N) is 1. The number of imidazole rings is 1. The molecule has 9 heteroatoms. The second-order valence-corrected chi connectivity index (χ2v) is 17.9. The SMILES string of the molecule is CCC(=O)NC(CCCCN)C(=O)O[C@H]1CC[C@]2(C)[C@H]3CC[C@]4(C)[C@@H](C(C)CCCC(C)C)CC[C@H]4[C@@H]3C[C@@H](NCCc3cnc[nH]3)[C@@]2(O)C1. The summed E-state index contributed by atoms with van der Waals surface area (Å²) in [7, 11) is 0. The molecule has 0 aromatic carbocycles. The van der Waals surface area contributed by atoms with Crippen molar-refractivity contribution in [3.8, 4) is 0 Å². The first-order chi connectivity index (χ1) is 23.9. The van der Waals surface area contributed by atoms with E-state index in [1.54, 1.807) is 13.3 Å². The number of aromatic nitrogens is 2. The maximum absolute atomic E-state index is 13.6. The summed E-state index contributed by atoms with van der Waals surface area (Å²) in [5.41, 5.74) is 5.88. The molecule has 6 N–H and O–H groups in total. The zero-order chi connectivity index (χ0) is 36.1. The van der Waals surface area contributed by atoms with Crippen LogP contribution in [0.1, 0.15) is 144 Å². The Kier molecular flexibility index (Phi) is 13.2. The monoisotopic (exact) mass is 698 g/mol. The largest absolute Gasteiger partial charge is 0.461 e. The van der Waals surface area contributed by atoms with Crippen LogP contribution in [0.3, 0.4) is 0 Å². The van der Waals surface area contributed by atoms with E-state index in [2.05, 4.69) is 55.2 Å². The van der Waals surface area contributed by atoms with E-state index in [4.69, 9.17) is 10.5 Å². The minimum absolute atomic E-state index is 0.0943. The number of nitrogens with two attached hydrogens (primary N) is 1. The van der Waals surface area contributed by atoms with Crippen molar-refractivity contribution in [2.45, 2.75) is 168 Å². The van der Waals surface area contributed by atoms with Gasteiger partial charge in [0.1, 0.15) is 12.1 Å². The van der Waals surface area contributed by atoms with Gasteiger partial charge in [-0.1, -0.05) is 60.8 Å². The van der Waals surface area contributed by atoms with Crippen LogP contribution in [-0.4, -0.2) is 63.8 Å². The molecule has 5 rings (SSSR count). The fraction of sp³-hybridized carbons (Fsp3) is 0.878. The lowest BCUT2D eigenvalue weighted by molar-refractivity contribution is -0.237. The summed E-state index contributed by atoms with van der Waals surface area (Å²) in [5, 5.41) is 19.9. The van der Waals surface area contributed by atoms with Gasteiger partial charge in [-0.15, -0.1) is 0 Å². The van der Waals surface area contributed by atoms with Crippen molar-refractivity contribution in [2.24, 2.45) is 52.1 Å². The van der Waals surface area contributed by atoms with Crippen molar-refractivity contribution in [1.82, 2.24) is 20.6 Å². The van der Waals surface area contributed by atoms with E-state index in [-0.39, 0.29) is 29.4 Å². The van der Waals surface area contributed by atoms with Crippen LogP contribution >= 0.6 is 0 Å². The first-order valence-corrected chi connectivity index (χ1v) is 20.5. The molecule has 50 heavy (non-hydrogen) atoms. The predicted molar refractivity (Wildman–Crippen MR) is 199 cm³/mol. The molecular formula is C41H71N5O4. The zero-order valence-corrected chi connectivity index (χ0v) is 32.3. The van der Waals surface area contributed by atoms with Crippen LogP contribution in [0.5, 0.6) is 0 Å². The van der Waals surface area contributed by atoms with E-state index in [9.17, 15) is 14.7 Å². The van der Waals surface area contributed by atoms with Crippen molar-refractivity contribution in [3.05, 3.63) is 18.2 Å². The number of aliphatic hydroxyl groups is 1. The van der Waals surface area contributed by atoms with E-state index in [1.807, 2.05) is 6.20 Å². The van der Waals surface area contributed by atoms with Crippen LogP contribution < -0.4 is 16.4 Å². The van der Waals surface area contributed by atoms with Gasteiger partial charge < -0.3 is 31.2 Å². The highest BCUT2D eigenvalue weighted by Gasteiger charge is 2.67. The molecule has 4 aliphatic rings. The Hall–Kier alpha value is -1.97. The van der Waals surface area contributed by atoms with E-state index >= 15 is 0 Å². The van der Waals surface area contributed by atoms with E-state index in [0.29, 0.717) is 49.0 Å². The van der Waals surface area contributed by atoms with Crippen molar-refractivity contribution >= 4 is 11.9 Å². The van der Waals surface area contributed by atoms with Gasteiger partial charge in [-0.25, -0.2) is 9.78 Å². The first-order valence-electron chi connectivity index (χ1n) is 20.5. The van der Waals surface area contributed by atoms with Crippen LogP contribution in [0.25, 0.3) is 0 Å². The third-order valence-corrected chi connectivity index (χ3v) is 14.6. The summed E-state index contributed by atoms with van der Waals surface area (Å²) < 4.78 is 6.22. The number of hydrogen-bond acceptors (Lipinski definition) is 7. The zero-order valence-electron chi connectivity index (χ0n) is 32.3. The first kappa shape index (κ1) is 39.2. The highest BCUT2D eigenvalue weighted by Crippen LogP contribution is 2.69. The van der Waals surface area contributed by atoms with Crippen LogP contribution in [0.4, 0.5) is 0 Å². The molecule has 11 atom stereocenters. The molecule has 1 heterocycles. The number of carbonyl (C=O) groups excluding carboxylic acids is 2. The smallest absolute Gasteiger partial charge is 0.328 e. The summed E-state index contributed by atoms with van der Waals surface area (Å²) >= 11 is 0. The Morgan fingerprint density at radius 1 is 1.06 bits per heavy atom. The molecule has 1 aromatic rings. The topological polar surface area (TPSA) is 142 Å². The Morgan fingerprint density at radius 2 is 1.86 bits per heavy atom. The molecule has 4 saturated carbocycles. The fourth-order valence-corrected chi connectivity index (χ4v) is 11.7. The second-order valence-electron chi connectivity index (χ2n) is 17.9. The minimum atomic E-state index is -1.01. The van der Waals surface area contributed by atoms with Gasteiger partial charge in [-0.2, -0.15) is 0 Å². The number of carbonyl (C=O) groups is 2. The average Bonchev–Trinajstić information content (AvgIpc) is 3.72. The van der Waals surface area contributed by atoms with Gasteiger partial charge in [0, 0.05) is 49.2 Å². The molecular weight excluding hydrogens is 626 g/mol. The summed E-state index contributed by atoms with van der Waals surface area (Å²) in [6.45, 7) is 15.3. The minimum Gasteiger partial charge on any atom is -0.461 e. The van der Waals surface area contributed by atoms with Crippen molar-refractivity contribution < 1.29 is 19.4 Å². The molecule has 1 aromatic heterocycles. The standard InChI is InChI=1S/C41H71N5O4/c1-7-37(47)46-35(13-8-9-21-42)38(48)50-30-16-20-40(6)34-17-19-39(5)32(28(4)12-10-11-27(2)3)14-15-33(39)31(34)23-36(41(40,49)24-30)44-22-18-29-25-43-26-45-29/h25-28,30-36,44,49H,7-24,42H2,1-6H3,(H,43,45)(H,46,47)/t28?,30-,31-,32+,33-,34-,35?,36+,39+,40+,41-/m0/s1. The summed E-state index contributed by atoms with van der Waals surface area (Å²) in [4.78, 5) is 33.4. The lowest BCUT2D eigenvalue weighted by atomic mass is 9.42. The summed E-state index contributed by atoms with van der Waals surface area (Å²) in [6, 6.07) is -0.779. The molecule has 1 amide bonds. The molecule has 2 unspecified atom stereocenters. The quantitative estimate of drug-likeness (QED) is 0.0902. The number of H-pyrrole nitrogens is 1. The summed E-state index contributed by atoms with van der Waals surface area (Å²) in [6.07, 6.45) is 18.4. The number of ether oxygens (including phenoxy) is 1. The number of nitrogens with one attached hydrogen (secondary N) is 3. The highest BCUT2D eigenvalue weighted by atomic mass is 16.5. The van der Waals surface area contributed by atoms with E-state index in [1.165, 1.54) is 44.9 Å². The molecule has 0 radical (unpaired) electrons. The van der Waals surface area contributed by atoms with Gasteiger partial charge in [-0.05, 0) is 112 Å². The number of fused-ring (bicyclic) bond motifs is 5. The number of amides is 1. The lowest BCUT2D eigenvalue weighted by Gasteiger charge is -2.66. The molecule has 0 bridgehead atoms. The predicted octanol–water partition coefficient (Wildman–Crippen LogP) is 6.69. The number of unbranched alkanes of at least 4 members (excludes halogenated alkanes) is 1. The molecule has 0 saturated heterocycles. The van der Waals surface area contributed by atoms with Crippen LogP contribution in [-0.2, 0) is 20.7 Å². The van der Waals surface area contributed by atoms with Crippen LogP contribution in [0.2, 0.25) is 0 Å². The summed E-state index contributed by atoms with van der Waals surface area (Å²) in [5.74, 6) is 3.48. The molecule has 4 fully saturated rings. The van der Waals surface area contributed by atoms with E-state index in [0.717, 1.165) is 68.5 Å². The number of rotatable bonds is 17. The molecule has 9 nitrogen and oxygen atoms in total. The number of esters is 1. The van der Waals surface area contributed by atoms with Crippen LogP contribution in [0.15, 0.2) is 12.5 Å². The molecule has 0 aliphatic heterocycles. The second kappa shape index (κ2) is 16.8. The van der Waals surface area contributed by atoms with Gasteiger partial charge in [0.05, 0.1) is 11.9 Å². The van der Waals surface area contributed by atoms with Gasteiger partial charge in [0.25, 0.3) is 0 Å². The third kappa shape index (κ3) is 8.15. The van der Waals surface area contributed by atoms with E-state index < -0.39 is 11.6 Å². The molecule has 0 spiro atoms. The Bertz CT molecular complexity index is 1240. The molecule has 4 aliphatic carbocycles. The highest BCUT2D eigenvalue weighted by molar-refractivity contribution is 5.84. The van der Waals surface area contributed by atoms with Crippen molar-refractivity contribution in [1.29, 1.82) is 0 Å². The van der Waals surface area contributed by atoms with Crippen LogP contribution in [0, 0.1) is 46.3 Å². The molecule has 284 valence electrons. The Labute approximate surface area is 302 Å². The Balaban J connectivity index is 1.35. The van der Waals surface area contributed by atoms with Gasteiger partial charge in [-0.3, -0.25) is 4.79 Å². The maximum Gasteiger partial charge on any atom is 0.328 e. The van der Waals surface area contributed by atoms with Crippen molar-refractivity contribution in [3.63, 3.8) is 0 Å². The van der Waals surface area contributed by atoms with Gasteiger partial charge in [0.2, 0.25) is 5.91 Å². The number of aromatic amines is 1. The third-order valence-electron chi connectivity index (χ3n) is 14.6. The fourth-order valence-electron chi connectivity index (χ4n) is 11.7. The lowest BCUT2D eigenvalue weighted by Crippen LogP contribution is -2.71.